The Morgan fingerprint density at radius 2 is 1.29 bits per heavy atom. The number of aliphatic carboxylic acids is 2. The number of carboxylic acids is 2. The van der Waals surface area contributed by atoms with Crippen LogP contribution in [0.5, 0.6) is 0 Å². The van der Waals surface area contributed by atoms with E-state index in [1.165, 1.54) is 13.8 Å². The second-order valence-electron chi connectivity index (χ2n) is 6.10. The van der Waals surface area contributed by atoms with Crippen LogP contribution in [-0.4, -0.2) is 87.0 Å². The number of aliphatic hydroxyl groups excluding tert-OH is 2. The first-order chi connectivity index (χ1) is 12.9. The maximum Gasteiger partial charge on any atom is 0.322 e. The van der Waals surface area contributed by atoms with Gasteiger partial charge in [0.25, 0.3) is 0 Å². The van der Waals surface area contributed by atoms with Crippen molar-refractivity contribution in [3.05, 3.63) is 0 Å². The van der Waals surface area contributed by atoms with E-state index < -0.39 is 66.5 Å². The van der Waals surface area contributed by atoms with Crippen molar-refractivity contribution < 1.29 is 44.4 Å². The molecule has 9 N–H and O–H groups in total. The summed E-state index contributed by atoms with van der Waals surface area (Å²) < 4.78 is 0. The van der Waals surface area contributed by atoms with Crippen LogP contribution in [0, 0.1) is 0 Å². The fraction of sp³-hybridized carbons (Fsp3) is 0.667. The molecule has 13 nitrogen and oxygen atoms in total. The molecule has 0 spiro atoms. The number of amides is 3. The Kier molecular flexibility index (Phi) is 10.7. The van der Waals surface area contributed by atoms with Crippen LogP contribution < -0.4 is 21.7 Å². The standard InChI is InChI=1S/C15H26N4O9/c1-6(20)11(14(27)17-5-10(24)25)19-15(28)12(7(2)21)18-13(26)8(16)3-4-9(22)23/h6-8,11-12,20-21H,3-5,16H2,1-2H3,(H,17,27)(H,18,26)(H,19,28)(H,22,23)(H,24,25). The lowest BCUT2D eigenvalue weighted by molar-refractivity contribution is -0.140. The summed E-state index contributed by atoms with van der Waals surface area (Å²) in [5.74, 6) is -5.43. The Balaban J connectivity index is 5.06. The summed E-state index contributed by atoms with van der Waals surface area (Å²) in [6.07, 6.45) is -3.43. The summed E-state index contributed by atoms with van der Waals surface area (Å²) in [6.45, 7) is 1.60. The first-order valence-electron chi connectivity index (χ1n) is 8.30. The Morgan fingerprint density at radius 3 is 1.71 bits per heavy atom. The predicted molar refractivity (Wildman–Crippen MR) is 92.7 cm³/mol. The first-order valence-corrected chi connectivity index (χ1v) is 8.30. The zero-order chi connectivity index (χ0) is 22.0. The normalized spacial score (nSPS) is 16.0. The van der Waals surface area contributed by atoms with Crippen molar-refractivity contribution in [3.8, 4) is 0 Å². The molecule has 3 amide bonds. The third-order valence-electron chi connectivity index (χ3n) is 3.55. The van der Waals surface area contributed by atoms with Crippen molar-refractivity contribution in [2.24, 2.45) is 5.73 Å². The molecule has 5 atom stereocenters. The summed E-state index contributed by atoms with van der Waals surface area (Å²) in [6, 6.07) is -4.36. The van der Waals surface area contributed by atoms with Gasteiger partial charge in [-0.25, -0.2) is 0 Å². The lowest BCUT2D eigenvalue weighted by Crippen LogP contribution is -2.61. The highest BCUT2D eigenvalue weighted by molar-refractivity contribution is 5.94. The van der Waals surface area contributed by atoms with Gasteiger partial charge in [-0.1, -0.05) is 0 Å². The van der Waals surface area contributed by atoms with Crippen LogP contribution in [0.15, 0.2) is 0 Å². The lowest BCUT2D eigenvalue weighted by atomic mass is 10.1. The molecular weight excluding hydrogens is 380 g/mol. The van der Waals surface area contributed by atoms with Crippen molar-refractivity contribution in [1.29, 1.82) is 0 Å². The van der Waals surface area contributed by atoms with Crippen LogP contribution in [-0.2, 0) is 24.0 Å². The van der Waals surface area contributed by atoms with Crippen molar-refractivity contribution in [1.82, 2.24) is 16.0 Å². The van der Waals surface area contributed by atoms with Gasteiger partial charge in [0.1, 0.15) is 18.6 Å². The van der Waals surface area contributed by atoms with Gasteiger partial charge in [0.15, 0.2) is 0 Å². The minimum atomic E-state index is -1.56. The molecule has 0 radical (unpaired) electrons. The number of hydrogen-bond acceptors (Lipinski definition) is 8. The van der Waals surface area contributed by atoms with Gasteiger partial charge in [-0.2, -0.15) is 0 Å². The molecule has 0 saturated heterocycles. The molecule has 0 rings (SSSR count). The van der Waals surface area contributed by atoms with Gasteiger partial charge in [0.2, 0.25) is 17.7 Å². The molecule has 13 heteroatoms. The molecule has 28 heavy (non-hydrogen) atoms. The zero-order valence-corrected chi connectivity index (χ0v) is 15.4. The average Bonchev–Trinajstić information content (AvgIpc) is 2.58. The molecule has 0 fully saturated rings. The number of hydrogen-bond donors (Lipinski definition) is 8. The van der Waals surface area contributed by atoms with E-state index in [0.29, 0.717) is 0 Å². The summed E-state index contributed by atoms with van der Waals surface area (Å²) in [5.41, 5.74) is 5.53. The van der Waals surface area contributed by atoms with E-state index in [0.717, 1.165) is 0 Å². The molecule has 0 heterocycles. The van der Waals surface area contributed by atoms with E-state index in [1.54, 1.807) is 0 Å². The second-order valence-corrected chi connectivity index (χ2v) is 6.10. The molecule has 5 unspecified atom stereocenters. The second kappa shape index (κ2) is 11.8. The minimum Gasteiger partial charge on any atom is -0.481 e. The van der Waals surface area contributed by atoms with Gasteiger partial charge >= 0.3 is 11.9 Å². The third kappa shape index (κ3) is 9.25. The van der Waals surface area contributed by atoms with Crippen LogP contribution in [0.4, 0.5) is 0 Å². The van der Waals surface area contributed by atoms with Crippen LogP contribution in [0.25, 0.3) is 0 Å². The number of carboxylic acid groups (broad SMARTS) is 2. The van der Waals surface area contributed by atoms with Gasteiger partial charge in [-0.15, -0.1) is 0 Å². The van der Waals surface area contributed by atoms with Crippen LogP contribution in [0.2, 0.25) is 0 Å². The van der Waals surface area contributed by atoms with Crippen molar-refractivity contribution in [2.75, 3.05) is 6.54 Å². The fourth-order valence-corrected chi connectivity index (χ4v) is 2.00. The monoisotopic (exact) mass is 406 g/mol. The smallest absolute Gasteiger partial charge is 0.322 e. The maximum atomic E-state index is 12.3. The van der Waals surface area contributed by atoms with E-state index in [1.807, 2.05) is 5.32 Å². The van der Waals surface area contributed by atoms with Crippen LogP contribution in [0.3, 0.4) is 0 Å². The Bertz CT molecular complexity index is 594. The number of rotatable bonds is 12. The van der Waals surface area contributed by atoms with E-state index in [-0.39, 0.29) is 12.8 Å². The topological polar surface area (TPSA) is 228 Å². The molecule has 0 aromatic carbocycles. The Hall–Kier alpha value is -2.77. The number of aliphatic hydroxyl groups is 2. The summed E-state index contributed by atoms with van der Waals surface area (Å²) >= 11 is 0. The third-order valence-corrected chi connectivity index (χ3v) is 3.55. The van der Waals surface area contributed by atoms with E-state index in [9.17, 15) is 34.2 Å². The van der Waals surface area contributed by atoms with Crippen molar-refractivity contribution in [3.63, 3.8) is 0 Å². The van der Waals surface area contributed by atoms with Crippen molar-refractivity contribution >= 4 is 29.7 Å². The van der Waals surface area contributed by atoms with E-state index in [2.05, 4.69) is 10.6 Å². The zero-order valence-electron chi connectivity index (χ0n) is 15.4. The molecule has 0 aromatic rings. The highest BCUT2D eigenvalue weighted by atomic mass is 16.4. The largest absolute Gasteiger partial charge is 0.481 e. The van der Waals surface area contributed by atoms with Gasteiger partial charge in [0.05, 0.1) is 18.2 Å². The molecule has 0 saturated carbocycles. The van der Waals surface area contributed by atoms with Crippen molar-refractivity contribution in [2.45, 2.75) is 57.0 Å². The first kappa shape index (κ1) is 25.2. The molecular formula is C15H26N4O9. The molecule has 0 bridgehead atoms. The summed E-state index contributed by atoms with van der Waals surface area (Å²) in [5, 5.41) is 42.8. The molecule has 0 aromatic heterocycles. The molecule has 0 aliphatic heterocycles. The van der Waals surface area contributed by atoms with Gasteiger partial charge in [0, 0.05) is 6.42 Å². The van der Waals surface area contributed by atoms with Crippen LogP contribution in [0.1, 0.15) is 26.7 Å². The van der Waals surface area contributed by atoms with Gasteiger partial charge in [-0.05, 0) is 20.3 Å². The summed E-state index contributed by atoms with van der Waals surface area (Å²) in [4.78, 5) is 57.3. The highest BCUT2D eigenvalue weighted by Crippen LogP contribution is 2.01. The average molecular weight is 406 g/mol. The molecule has 160 valence electrons. The maximum absolute atomic E-state index is 12.3. The fourth-order valence-electron chi connectivity index (χ4n) is 2.00. The minimum absolute atomic E-state index is 0.205. The molecule has 0 aliphatic rings. The number of nitrogens with two attached hydrogens (primary N) is 1. The van der Waals surface area contributed by atoms with Crippen LogP contribution >= 0.6 is 0 Å². The Labute approximate surface area is 160 Å². The number of carbonyl (C=O) groups is 5. The number of nitrogens with one attached hydrogen (secondary N) is 3. The summed E-state index contributed by atoms with van der Waals surface area (Å²) in [7, 11) is 0. The predicted octanol–water partition coefficient (Wildman–Crippen LogP) is -3.89. The quantitative estimate of drug-likeness (QED) is 0.157. The SMILES string of the molecule is CC(O)C(NC(=O)C(N)CCC(=O)O)C(=O)NC(C(=O)NCC(=O)O)C(C)O. The van der Waals surface area contributed by atoms with Gasteiger partial charge in [-0.3, -0.25) is 24.0 Å². The highest BCUT2D eigenvalue weighted by Gasteiger charge is 2.32. The lowest BCUT2D eigenvalue weighted by Gasteiger charge is -2.26. The Morgan fingerprint density at radius 1 is 0.821 bits per heavy atom. The number of carbonyl (C=O) groups excluding carboxylic acids is 3. The van der Waals surface area contributed by atoms with E-state index in [4.69, 9.17) is 15.9 Å². The van der Waals surface area contributed by atoms with E-state index >= 15 is 0 Å². The van der Waals surface area contributed by atoms with Gasteiger partial charge < -0.3 is 42.1 Å². The molecule has 0 aliphatic carbocycles.